The number of aromatic nitrogens is 3. The SMILES string of the molecule is CCC(O)(c1cn(Cc2ccc3c(-c4ccccc4)c(CO)sc3c2)nn1)C(F)(F)F. The molecule has 2 N–H and O–H groups in total. The maximum absolute atomic E-state index is 13.3. The topological polar surface area (TPSA) is 71.2 Å². The number of hydrogen-bond donors (Lipinski definition) is 2. The van der Waals surface area contributed by atoms with Gasteiger partial charge in [0.1, 0.15) is 5.69 Å². The molecule has 0 aliphatic rings. The minimum atomic E-state index is -4.84. The van der Waals surface area contributed by atoms with E-state index in [9.17, 15) is 23.4 Å². The largest absolute Gasteiger partial charge is 0.423 e. The Labute approximate surface area is 180 Å². The minimum absolute atomic E-state index is 0.0849. The third-order valence-corrected chi connectivity index (χ3v) is 6.46. The van der Waals surface area contributed by atoms with Crippen LogP contribution in [0.5, 0.6) is 0 Å². The molecule has 0 saturated heterocycles. The van der Waals surface area contributed by atoms with Gasteiger partial charge in [-0.1, -0.05) is 54.6 Å². The molecule has 0 fully saturated rings. The lowest BCUT2D eigenvalue weighted by Crippen LogP contribution is -2.42. The van der Waals surface area contributed by atoms with Gasteiger partial charge < -0.3 is 10.2 Å². The maximum Gasteiger partial charge on any atom is 0.423 e. The van der Waals surface area contributed by atoms with Crippen LogP contribution in [0, 0.1) is 0 Å². The Morgan fingerprint density at radius 2 is 1.84 bits per heavy atom. The molecule has 9 heteroatoms. The molecule has 4 rings (SSSR count). The molecule has 4 aromatic rings. The smallest absolute Gasteiger partial charge is 0.391 e. The van der Waals surface area contributed by atoms with E-state index in [0.29, 0.717) is 0 Å². The average molecular weight is 447 g/mol. The highest BCUT2D eigenvalue weighted by Crippen LogP contribution is 2.41. The second kappa shape index (κ2) is 8.07. The van der Waals surface area contributed by atoms with Crippen LogP contribution in [0.1, 0.15) is 29.5 Å². The van der Waals surface area contributed by atoms with Gasteiger partial charge in [0.05, 0.1) is 19.3 Å². The minimum Gasteiger partial charge on any atom is -0.391 e. The maximum atomic E-state index is 13.3. The van der Waals surface area contributed by atoms with Crippen LogP contribution in [0.2, 0.25) is 0 Å². The van der Waals surface area contributed by atoms with Crippen molar-refractivity contribution in [2.45, 2.75) is 38.3 Å². The van der Waals surface area contributed by atoms with Gasteiger partial charge in [0, 0.05) is 20.5 Å². The van der Waals surface area contributed by atoms with Crippen LogP contribution < -0.4 is 0 Å². The summed E-state index contributed by atoms with van der Waals surface area (Å²) in [5.74, 6) is 0. The summed E-state index contributed by atoms with van der Waals surface area (Å²) in [6.07, 6.45) is -4.26. The Hall–Kier alpha value is -2.75. The van der Waals surface area contributed by atoms with Crippen LogP contribution in [-0.4, -0.2) is 31.4 Å². The number of benzene rings is 2. The van der Waals surface area contributed by atoms with E-state index in [1.54, 1.807) is 0 Å². The Balaban J connectivity index is 1.66. The third kappa shape index (κ3) is 3.84. The molecule has 0 aliphatic carbocycles. The number of alkyl halides is 3. The molecule has 0 amide bonds. The molecule has 2 aromatic carbocycles. The van der Waals surface area contributed by atoms with Gasteiger partial charge in [0.15, 0.2) is 0 Å². The first-order valence-electron chi connectivity index (χ1n) is 9.67. The van der Waals surface area contributed by atoms with Gasteiger partial charge in [-0.25, -0.2) is 4.68 Å². The van der Waals surface area contributed by atoms with Gasteiger partial charge >= 0.3 is 6.18 Å². The third-order valence-electron chi connectivity index (χ3n) is 5.32. The van der Waals surface area contributed by atoms with Crippen molar-refractivity contribution in [1.29, 1.82) is 0 Å². The summed E-state index contributed by atoms with van der Waals surface area (Å²) in [7, 11) is 0. The first-order chi connectivity index (χ1) is 14.8. The van der Waals surface area contributed by atoms with Crippen LogP contribution in [-0.2, 0) is 18.8 Å². The number of halogens is 3. The second-order valence-electron chi connectivity index (χ2n) is 7.27. The molecule has 162 valence electrons. The molecule has 0 aliphatic heterocycles. The predicted octanol–water partition coefficient (Wildman–Crippen LogP) is 4.86. The first kappa shape index (κ1) is 21.5. The lowest BCUT2D eigenvalue weighted by molar-refractivity contribution is -0.269. The quantitative estimate of drug-likeness (QED) is 0.443. The zero-order valence-electron chi connectivity index (χ0n) is 16.6. The molecule has 0 bridgehead atoms. The monoisotopic (exact) mass is 447 g/mol. The molecule has 5 nitrogen and oxygen atoms in total. The van der Waals surface area contributed by atoms with Crippen molar-refractivity contribution in [2.75, 3.05) is 0 Å². The summed E-state index contributed by atoms with van der Waals surface area (Å²) in [5, 5.41) is 28.2. The van der Waals surface area contributed by atoms with Crippen LogP contribution in [0.15, 0.2) is 54.7 Å². The summed E-state index contributed by atoms with van der Waals surface area (Å²) in [6.45, 7) is 1.37. The number of thiophene rings is 1. The van der Waals surface area contributed by atoms with Crippen LogP contribution in [0.25, 0.3) is 21.2 Å². The normalized spacial score (nSPS) is 14.1. The fraction of sp³-hybridized carbons (Fsp3) is 0.273. The number of rotatable bonds is 6. The molecular weight excluding hydrogens is 427 g/mol. The summed E-state index contributed by atoms with van der Waals surface area (Å²) in [6, 6.07) is 15.5. The van der Waals surface area contributed by atoms with Crippen molar-refractivity contribution in [3.63, 3.8) is 0 Å². The number of fused-ring (bicyclic) bond motifs is 1. The van der Waals surface area contributed by atoms with E-state index in [1.165, 1.54) is 22.9 Å². The van der Waals surface area contributed by atoms with E-state index in [1.807, 2.05) is 48.5 Å². The Morgan fingerprint density at radius 3 is 2.48 bits per heavy atom. The summed E-state index contributed by atoms with van der Waals surface area (Å²) in [4.78, 5) is 0.847. The average Bonchev–Trinajstić information content (AvgIpc) is 3.37. The molecule has 2 heterocycles. The highest BCUT2D eigenvalue weighted by Gasteiger charge is 2.55. The summed E-state index contributed by atoms with van der Waals surface area (Å²) in [5.41, 5.74) is -0.729. The van der Waals surface area contributed by atoms with Crippen LogP contribution in [0.3, 0.4) is 0 Å². The van der Waals surface area contributed by atoms with Crippen molar-refractivity contribution in [3.05, 3.63) is 70.9 Å². The zero-order chi connectivity index (χ0) is 22.2. The van der Waals surface area contributed by atoms with E-state index >= 15 is 0 Å². The molecule has 1 unspecified atom stereocenters. The van der Waals surface area contributed by atoms with E-state index in [-0.39, 0.29) is 13.2 Å². The van der Waals surface area contributed by atoms with Gasteiger partial charge in [-0.05, 0) is 23.6 Å². The highest BCUT2D eigenvalue weighted by molar-refractivity contribution is 7.19. The number of aliphatic hydroxyl groups excluding tert-OH is 1. The van der Waals surface area contributed by atoms with Crippen molar-refractivity contribution in [1.82, 2.24) is 15.0 Å². The molecule has 0 radical (unpaired) electrons. The van der Waals surface area contributed by atoms with Crippen molar-refractivity contribution < 1.29 is 23.4 Å². The van der Waals surface area contributed by atoms with Crippen molar-refractivity contribution >= 4 is 21.4 Å². The standard InChI is InChI=1S/C22H20F3N3O2S/c1-2-21(30,22(23,24)25)19-12-28(27-26-19)11-14-8-9-16-17(10-14)31-18(13-29)20(16)15-6-4-3-5-7-15/h3-10,12,29-30H,2,11,13H2,1H3. The van der Waals surface area contributed by atoms with E-state index in [0.717, 1.165) is 37.9 Å². The number of nitrogens with zero attached hydrogens (tertiary/aromatic N) is 3. The van der Waals surface area contributed by atoms with Crippen LogP contribution >= 0.6 is 11.3 Å². The van der Waals surface area contributed by atoms with Crippen LogP contribution in [0.4, 0.5) is 13.2 Å². The molecule has 1 atom stereocenters. The Kier molecular flexibility index (Phi) is 5.59. The van der Waals surface area contributed by atoms with Crippen molar-refractivity contribution in [2.24, 2.45) is 0 Å². The molecular formula is C22H20F3N3O2S. The molecule has 31 heavy (non-hydrogen) atoms. The van der Waals surface area contributed by atoms with E-state index in [4.69, 9.17) is 0 Å². The van der Waals surface area contributed by atoms with E-state index < -0.39 is 23.9 Å². The molecule has 0 spiro atoms. The Bertz CT molecular complexity index is 1200. The van der Waals surface area contributed by atoms with Gasteiger partial charge in [-0.3, -0.25) is 0 Å². The molecule has 2 aromatic heterocycles. The lowest BCUT2D eigenvalue weighted by Gasteiger charge is -2.26. The lowest BCUT2D eigenvalue weighted by atomic mass is 9.96. The number of aliphatic hydroxyl groups is 2. The second-order valence-corrected chi connectivity index (χ2v) is 8.40. The van der Waals surface area contributed by atoms with Gasteiger partial charge in [-0.2, -0.15) is 13.2 Å². The van der Waals surface area contributed by atoms with Gasteiger partial charge in [-0.15, -0.1) is 16.4 Å². The highest BCUT2D eigenvalue weighted by atomic mass is 32.1. The first-order valence-corrected chi connectivity index (χ1v) is 10.5. The van der Waals surface area contributed by atoms with Gasteiger partial charge in [0.25, 0.3) is 0 Å². The Morgan fingerprint density at radius 1 is 1.10 bits per heavy atom. The summed E-state index contributed by atoms with van der Waals surface area (Å²) >= 11 is 1.48. The van der Waals surface area contributed by atoms with Gasteiger partial charge in [0.2, 0.25) is 5.60 Å². The summed E-state index contributed by atoms with van der Waals surface area (Å²) < 4.78 is 42.0. The molecule has 0 saturated carbocycles. The zero-order valence-corrected chi connectivity index (χ0v) is 17.4. The predicted molar refractivity (Wildman–Crippen MR) is 113 cm³/mol. The van der Waals surface area contributed by atoms with E-state index in [2.05, 4.69) is 10.3 Å². The number of hydrogen-bond acceptors (Lipinski definition) is 5. The fourth-order valence-corrected chi connectivity index (χ4v) is 4.75. The fourth-order valence-electron chi connectivity index (χ4n) is 3.60. The van der Waals surface area contributed by atoms with Crippen molar-refractivity contribution in [3.8, 4) is 11.1 Å².